The van der Waals surface area contributed by atoms with Gasteiger partial charge in [0.15, 0.2) is 5.76 Å². The number of nitrogens with zero attached hydrogens (tertiary/aromatic N) is 4. The van der Waals surface area contributed by atoms with Gasteiger partial charge < -0.3 is 14.8 Å². The largest absolute Gasteiger partial charge is 0.388 e. The molecule has 0 bridgehead atoms. The Morgan fingerprint density at radius 1 is 1.24 bits per heavy atom. The van der Waals surface area contributed by atoms with E-state index in [4.69, 9.17) is 4.84 Å². The minimum Gasteiger partial charge on any atom is -0.388 e. The Morgan fingerprint density at radius 2 is 2.03 bits per heavy atom. The summed E-state index contributed by atoms with van der Waals surface area (Å²) in [5.41, 5.74) is 4.18. The van der Waals surface area contributed by atoms with E-state index in [1.54, 1.807) is 6.20 Å². The molecule has 0 radical (unpaired) electrons. The number of aliphatic hydroxyl groups is 1. The van der Waals surface area contributed by atoms with Gasteiger partial charge in [0.05, 0.1) is 18.0 Å². The fourth-order valence-electron chi connectivity index (χ4n) is 3.48. The Kier molecular flexibility index (Phi) is 5.31. The molecule has 7 heteroatoms. The Morgan fingerprint density at radius 3 is 2.76 bits per heavy atom. The van der Waals surface area contributed by atoms with Crippen molar-refractivity contribution >= 4 is 11.4 Å². The molecule has 0 saturated carbocycles. The number of aromatic nitrogens is 2. The van der Waals surface area contributed by atoms with Gasteiger partial charge in [-0.15, -0.1) is 0 Å². The second-order valence-corrected chi connectivity index (χ2v) is 7.43. The zero-order valence-electron chi connectivity index (χ0n) is 16.6. The van der Waals surface area contributed by atoms with Crippen molar-refractivity contribution in [3.05, 3.63) is 81.6 Å². The molecule has 1 N–H and O–H groups in total. The number of anilines is 1. The maximum Gasteiger partial charge on any atom is 0.291 e. The molecular formula is C22H24N4O3. The van der Waals surface area contributed by atoms with E-state index >= 15 is 0 Å². The Hall–Kier alpha value is -3.19. The summed E-state index contributed by atoms with van der Waals surface area (Å²) in [4.78, 5) is 20.1. The maximum absolute atomic E-state index is 12.8. The van der Waals surface area contributed by atoms with Crippen LogP contribution in [0.4, 0.5) is 5.69 Å². The fourth-order valence-corrected chi connectivity index (χ4v) is 3.48. The SMILES string of the molecule is Cc1ccc([C@@H](O)CC2=NOC(Cn3ncc4c(c3=O)N(C)C=CC4)=CC2)cc1. The molecule has 7 nitrogen and oxygen atoms in total. The van der Waals surface area contributed by atoms with Gasteiger partial charge in [0.2, 0.25) is 0 Å². The van der Waals surface area contributed by atoms with Crippen molar-refractivity contribution in [2.45, 2.75) is 38.8 Å². The molecule has 1 aromatic heterocycles. The van der Waals surface area contributed by atoms with Crippen molar-refractivity contribution in [2.24, 2.45) is 5.16 Å². The number of aryl methyl sites for hydroxylation is 1. The maximum atomic E-state index is 12.8. The number of hydrogen-bond acceptors (Lipinski definition) is 6. The highest BCUT2D eigenvalue weighted by molar-refractivity contribution is 5.86. The number of rotatable bonds is 5. The highest BCUT2D eigenvalue weighted by atomic mass is 16.6. The standard InChI is InChI=1S/C22H24N4O3/c1-15-5-7-16(8-6-15)20(27)12-18-9-10-19(29-24-18)14-26-22(28)21-17(13-23-26)4-3-11-25(21)2/h3,5-8,10-11,13,20,27H,4,9,12,14H2,1-2H3/t20-/m0/s1. The Balaban J connectivity index is 1.40. The molecule has 0 aliphatic carbocycles. The first-order chi connectivity index (χ1) is 14.0. The van der Waals surface area contributed by atoms with Crippen molar-refractivity contribution in [1.29, 1.82) is 0 Å². The zero-order chi connectivity index (χ0) is 20.4. The van der Waals surface area contributed by atoms with Gasteiger partial charge in [-0.2, -0.15) is 5.10 Å². The average Bonchev–Trinajstić information content (AvgIpc) is 2.72. The van der Waals surface area contributed by atoms with Gasteiger partial charge in [0.25, 0.3) is 5.56 Å². The van der Waals surface area contributed by atoms with Crippen LogP contribution in [0.15, 0.2) is 64.5 Å². The predicted molar refractivity (Wildman–Crippen MR) is 112 cm³/mol. The summed E-state index contributed by atoms with van der Waals surface area (Å²) >= 11 is 0. The third-order valence-corrected chi connectivity index (χ3v) is 5.17. The van der Waals surface area contributed by atoms with Gasteiger partial charge in [0.1, 0.15) is 12.2 Å². The van der Waals surface area contributed by atoms with Crippen LogP contribution in [0.3, 0.4) is 0 Å². The van der Waals surface area contributed by atoms with Crippen LogP contribution in [0.25, 0.3) is 0 Å². The third-order valence-electron chi connectivity index (χ3n) is 5.17. The molecule has 1 aromatic carbocycles. The lowest BCUT2D eigenvalue weighted by molar-refractivity contribution is 0.174. The van der Waals surface area contributed by atoms with Crippen molar-refractivity contribution < 1.29 is 9.94 Å². The third kappa shape index (κ3) is 4.14. The first-order valence-electron chi connectivity index (χ1n) is 9.66. The van der Waals surface area contributed by atoms with Gasteiger partial charge in [-0.25, -0.2) is 4.68 Å². The van der Waals surface area contributed by atoms with E-state index in [9.17, 15) is 9.90 Å². The highest BCUT2D eigenvalue weighted by Gasteiger charge is 2.19. The van der Waals surface area contributed by atoms with Gasteiger partial charge in [-0.3, -0.25) is 4.79 Å². The second-order valence-electron chi connectivity index (χ2n) is 7.43. The minimum absolute atomic E-state index is 0.150. The number of allylic oxidation sites excluding steroid dienone is 3. The van der Waals surface area contributed by atoms with Gasteiger partial charge >= 0.3 is 0 Å². The van der Waals surface area contributed by atoms with Crippen LogP contribution in [-0.2, 0) is 17.8 Å². The van der Waals surface area contributed by atoms with E-state index in [0.717, 1.165) is 22.4 Å². The quantitative estimate of drug-likeness (QED) is 0.846. The molecule has 3 heterocycles. The van der Waals surface area contributed by atoms with Crippen LogP contribution < -0.4 is 10.5 Å². The van der Waals surface area contributed by atoms with Gasteiger partial charge in [0, 0.05) is 31.7 Å². The number of hydrogen-bond donors (Lipinski definition) is 1. The summed E-state index contributed by atoms with van der Waals surface area (Å²) in [6.07, 6.45) is 8.57. The predicted octanol–water partition coefficient (Wildman–Crippen LogP) is 2.84. The van der Waals surface area contributed by atoms with E-state index in [2.05, 4.69) is 10.3 Å². The number of oxime groups is 1. The molecule has 150 valence electrons. The number of fused-ring (bicyclic) bond motifs is 1. The molecule has 0 fully saturated rings. The van der Waals surface area contributed by atoms with E-state index in [-0.39, 0.29) is 12.1 Å². The van der Waals surface area contributed by atoms with Crippen LogP contribution >= 0.6 is 0 Å². The van der Waals surface area contributed by atoms with E-state index in [1.165, 1.54) is 4.68 Å². The van der Waals surface area contributed by atoms with Crippen LogP contribution in [-0.4, -0.2) is 27.6 Å². The molecular weight excluding hydrogens is 368 g/mol. The van der Waals surface area contributed by atoms with E-state index in [1.807, 2.05) is 61.5 Å². The van der Waals surface area contributed by atoms with Gasteiger partial charge in [-0.05, 0) is 25.0 Å². The molecule has 2 aliphatic heterocycles. The normalized spacial score (nSPS) is 16.6. The molecule has 4 rings (SSSR count). The molecule has 0 unspecified atom stereocenters. The number of benzene rings is 1. The summed E-state index contributed by atoms with van der Waals surface area (Å²) in [6, 6.07) is 7.80. The minimum atomic E-state index is -0.624. The molecule has 0 amide bonds. The van der Waals surface area contributed by atoms with Crippen LogP contribution in [0.2, 0.25) is 0 Å². The molecule has 2 aromatic rings. The first kappa shape index (κ1) is 19.1. The van der Waals surface area contributed by atoms with Crippen molar-refractivity contribution in [1.82, 2.24) is 9.78 Å². The Bertz CT molecular complexity index is 1050. The molecule has 29 heavy (non-hydrogen) atoms. The van der Waals surface area contributed by atoms with Crippen LogP contribution in [0.1, 0.15) is 35.6 Å². The van der Waals surface area contributed by atoms with E-state index < -0.39 is 6.10 Å². The molecule has 2 aliphatic rings. The first-order valence-corrected chi connectivity index (χ1v) is 9.66. The van der Waals surface area contributed by atoms with Crippen molar-refractivity contribution in [2.75, 3.05) is 11.9 Å². The summed E-state index contributed by atoms with van der Waals surface area (Å²) < 4.78 is 1.39. The summed E-state index contributed by atoms with van der Waals surface area (Å²) in [6.45, 7) is 2.24. The van der Waals surface area contributed by atoms with Crippen molar-refractivity contribution in [3.8, 4) is 0 Å². The van der Waals surface area contributed by atoms with E-state index in [0.29, 0.717) is 30.7 Å². The summed E-state index contributed by atoms with van der Waals surface area (Å²) in [5, 5.41) is 18.8. The lowest BCUT2D eigenvalue weighted by Crippen LogP contribution is -2.32. The van der Waals surface area contributed by atoms with Crippen LogP contribution in [0, 0.1) is 6.92 Å². The fraction of sp³-hybridized carbons (Fsp3) is 0.318. The van der Waals surface area contributed by atoms with Crippen molar-refractivity contribution in [3.63, 3.8) is 0 Å². The molecule has 0 spiro atoms. The molecule has 1 atom stereocenters. The topological polar surface area (TPSA) is 80.0 Å². The second kappa shape index (κ2) is 8.05. The zero-order valence-corrected chi connectivity index (χ0v) is 16.6. The Labute approximate surface area is 169 Å². The summed E-state index contributed by atoms with van der Waals surface area (Å²) in [5.74, 6) is 0.571. The van der Waals surface area contributed by atoms with Gasteiger partial charge in [-0.1, -0.05) is 41.1 Å². The molecule has 0 saturated heterocycles. The lowest BCUT2D eigenvalue weighted by atomic mass is 10.0. The highest BCUT2D eigenvalue weighted by Crippen LogP contribution is 2.22. The lowest BCUT2D eigenvalue weighted by Gasteiger charge is -2.22. The average molecular weight is 392 g/mol. The number of aliphatic hydroxyl groups excluding tert-OH is 1. The smallest absolute Gasteiger partial charge is 0.291 e. The summed E-state index contributed by atoms with van der Waals surface area (Å²) in [7, 11) is 1.85. The monoisotopic (exact) mass is 392 g/mol. The van der Waals surface area contributed by atoms with Crippen LogP contribution in [0.5, 0.6) is 0 Å².